The van der Waals surface area contributed by atoms with Crippen LogP contribution in [0.5, 0.6) is 5.75 Å². The van der Waals surface area contributed by atoms with Gasteiger partial charge in [0.1, 0.15) is 5.54 Å². The highest BCUT2D eigenvalue weighted by atomic mass is 79.9. The van der Waals surface area contributed by atoms with E-state index in [0.29, 0.717) is 10.9 Å². The Balaban J connectivity index is 2.77. The first-order valence-corrected chi connectivity index (χ1v) is 7.33. The van der Waals surface area contributed by atoms with Crippen LogP contribution in [0.4, 0.5) is 5.69 Å². The van der Waals surface area contributed by atoms with E-state index in [2.05, 4.69) is 27.3 Å². The molecule has 1 aromatic carbocycles. The number of para-hydroxylation sites is 1. The van der Waals surface area contributed by atoms with Crippen molar-refractivity contribution >= 4 is 21.6 Å². The van der Waals surface area contributed by atoms with Crippen LogP contribution in [0, 0.1) is 21.4 Å². The number of ether oxygens (including phenoxy) is 1. The normalized spacial score (nSPS) is 13.5. The monoisotopic (exact) mass is 355 g/mol. The van der Waals surface area contributed by atoms with Gasteiger partial charge >= 0.3 is 5.69 Å². The summed E-state index contributed by atoms with van der Waals surface area (Å²) in [6.07, 6.45) is 0.417. The van der Waals surface area contributed by atoms with Crippen molar-refractivity contribution in [2.24, 2.45) is 0 Å². The predicted molar refractivity (Wildman–Crippen MR) is 83.2 cm³/mol. The smallest absolute Gasteiger partial charge is 0.312 e. The van der Waals surface area contributed by atoms with Gasteiger partial charge in [-0.05, 0) is 42.8 Å². The third-order valence-electron chi connectivity index (χ3n) is 2.85. The summed E-state index contributed by atoms with van der Waals surface area (Å²) in [5.74, 6) is 0.187. The number of nitro benzene ring substituents is 1. The van der Waals surface area contributed by atoms with Crippen molar-refractivity contribution in [1.29, 1.82) is 5.26 Å². The van der Waals surface area contributed by atoms with Crippen molar-refractivity contribution in [3.63, 3.8) is 0 Å². The minimum absolute atomic E-state index is 0.0974. The molecular formula is C14H18BrN3O3. The minimum atomic E-state index is -0.732. The van der Waals surface area contributed by atoms with E-state index >= 15 is 0 Å². The van der Waals surface area contributed by atoms with Crippen molar-refractivity contribution in [3.8, 4) is 11.8 Å². The molecule has 0 aliphatic carbocycles. The Kier molecular flexibility index (Phi) is 6.12. The van der Waals surface area contributed by atoms with Gasteiger partial charge in [-0.25, -0.2) is 0 Å². The summed E-state index contributed by atoms with van der Waals surface area (Å²) in [7, 11) is 0. The van der Waals surface area contributed by atoms with Gasteiger partial charge in [0, 0.05) is 18.5 Å². The van der Waals surface area contributed by atoms with Crippen LogP contribution in [0.1, 0.15) is 27.2 Å². The van der Waals surface area contributed by atoms with Crippen molar-refractivity contribution in [2.75, 3.05) is 6.61 Å². The number of nitrogens with one attached hydrogen (secondary N) is 1. The highest BCUT2D eigenvalue weighted by Gasteiger charge is 2.25. The summed E-state index contributed by atoms with van der Waals surface area (Å²) in [4.78, 5) is 10.5. The van der Waals surface area contributed by atoms with E-state index in [4.69, 9.17) is 4.74 Å². The Hall–Kier alpha value is -1.65. The molecule has 0 saturated carbocycles. The maximum absolute atomic E-state index is 11.0. The summed E-state index contributed by atoms with van der Waals surface area (Å²) in [5.41, 5.74) is -0.829. The quantitative estimate of drug-likeness (QED) is 0.597. The molecular weight excluding hydrogens is 338 g/mol. The highest BCUT2D eigenvalue weighted by Crippen LogP contribution is 2.34. The average molecular weight is 356 g/mol. The molecule has 0 aliphatic rings. The molecule has 0 aromatic heterocycles. The second kappa shape index (κ2) is 7.38. The maximum atomic E-state index is 11.0. The largest absolute Gasteiger partial charge is 0.486 e. The lowest BCUT2D eigenvalue weighted by molar-refractivity contribution is -0.386. The molecule has 6 nitrogen and oxygen atoms in total. The lowest BCUT2D eigenvalue weighted by Gasteiger charge is -2.25. The first-order chi connectivity index (χ1) is 9.79. The van der Waals surface area contributed by atoms with Crippen molar-refractivity contribution < 1.29 is 9.66 Å². The number of benzene rings is 1. The molecule has 0 saturated heterocycles. The first kappa shape index (κ1) is 17.4. The van der Waals surface area contributed by atoms with Gasteiger partial charge in [-0.15, -0.1) is 0 Å². The number of nitrogens with zero attached hydrogens (tertiary/aromatic N) is 2. The minimum Gasteiger partial charge on any atom is -0.486 e. The molecule has 1 unspecified atom stereocenters. The lowest BCUT2D eigenvalue weighted by Crippen LogP contribution is -2.45. The van der Waals surface area contributed by atoms with Crippen molar-refractivity contribution in [3.05, 3.63) is 32.8 Å². The third-order valence-corrected chi connectivity index (χ3v) is 3.47. The van der Waals surface area contributed by atoms with Crippen LogP contribution < -0.4 is 10.1 Å². The van der Waals surface area contributed by atoms with E-state index < -0.39 is 10.5 Å². The standard InChI is InChI=1S/C14H18BrN3O3/c1-10(2)17-14(3,9-16)7-8-21-13-11(15)5-4-6-12(13)18(19)20/h4-6,10,17H,7-8H2,1-3H3. The second-order valence-electron chi connectivity index (χ2n) is 5.19. The van der Waals surface area contributed by atoms with Crippen LogP contribution in [0.25, 0.3) is 0 Å². The molecule has 0 spiro atoms. The van der Waals surface area contributed by atoms with Crippen molar-refractivity contribution in [1.82, 2.24) is 5.32 Å². The molecule has 21 heavy (non-hydrogen) atoms. The van der Waals surface area contributed by atoms with Gasteiger partial charge in [-0.1, -0.05) is 6.07 Å². The van der Waals surface area contributed by atoms with Gasteiger partial charge in [0.15, 0.2) is 0 Å². The van der Waals surface area contributed by atoms with Gasteiger partial charge in [0.2, 0.25) is 5.75 Å². The van der Waals surface area contributed by atoms with E-state index in [9.17, 15) is 15.4 Å². The summed E-state index contributed by atoms with van der Waals surface area (Å²) >= 11 is 3.24. The Labute approximate surface area is 132 Å². The molecule has 0 radical (unpaired) electrons. The number of nitro groups is 1. The zero-order valence-corrected chi connectivity index (χ0v) is 13.8. The Bertz CT molecular complexity index is 557. The topological polar surface area (TPSA) is 88.2 Å². The fourth-order valence-corrected chi connectivity index (χ4v) is 2.41. The highest BCUT2D eigenvalue weighted by molar-refractivity contribution is 9.10. The molecule has 1 rings (SSSR count). The number of nitriles is 1. The molecule has 7 heteroatoms. The lowest BCUT2D eigenvalue weighted by atomic mass is 9.99. The fourth-order valence-electron chi connectivity index (χ4n) is 1.94. The van der Waals surface area contributed by atoms with E-state index in [-0.39, 0.29) is 24.1 Å². The van der Waals surface area contributed by atoms with Crippen LogP contribution in [-0.2, 0) is 0 Å². The van der Waals surface area contributed by atoms with Crippen LogP contribution >= 0.6 is 15.9 Å². The van der Waals surface area contributed by atoms with E-state index in [1.807, 2.05) is 13.8 Å². The summed E-state index contributed by atoms with van der Waals surface area (Å²) < 4.78 is 6.05. The predicted octanol–water partition coefficient (Wildman–Crippen LogP) is 3.41. The van der Waals surface area contributed by atoms with Gasteiger partial charge in [0.05, 0.1) is 22.1 Å². The number of hydrogen-bond acceptors (Lipinski definition) is 5. The SMILES string of the molecule is CC(C)NC(C)(C#N)CCOc1c(Br)cccc1[N+](=O)[O-]. The maximum Gasteiger partial charge on any atom is 0.312 e. The molecule has 1 N–H and O–H groups in total. The molecule has 1 atom stereocenters. The zero-order valence-electron chi connectivity index (χ0n) is 12.2. The second-order valence-corrected chi connectivity index (χ2v) is 6.04. The average Bonchev–Trinajstić information content (AvgIpc) is 2.39. The zero-order chi connectivity index (χ0) is 16.0. The Morgan fingerprint density at radius 1 is 1.57 bits per heavy atom. The fraction of sp³-hybridized carbons (Fsp3) is 0.500. The van der Waals surface area contributed by atoms with E-state index in [0.717, 1.165) is 0 Å². The van der Waals surface area contributed by atoms with Gasteiger partial charge in [0.25, 0.3) is 0 Å². The van der Waals surface area contributed by atoms with Crippen LogP contribution in [0.15, 0.2) is 22.7 Å². The first-order valence-electron chi connectivity index (χ1n) is 6.54. The molecule has 1 aromatic rings. The van der Waals surface area contributed by atoms with Gasteiger partial charge in [-0.2, -0.15) is 5.26 Å². The number of rotatable bonds is 7. The van der Waals surface area contributed by atoms with Crippen LogP contribution in [-0.4, -0.2) is 23.1 Å². The molecule has 0 amide bonds. The van der Waals surface area contributed by atoms with E-state index in [1.165, 1.54) is 6.07 Å². The Morgan fingerprint density at radius 2 is 2.24 bits per heavy atom. The van der Waals surface area contributed by atoms with Gasteiger partial charge in [-0.3, -0.25) is 15.4 Å². The summed E-state index contributed by atoms with van der Waals surface area (Å²) in [5, 5.41) is 23.4. The van der Waals surface area contributed by atoms with Crippen molar-refractivity contribution in [2.45, 2.75) is 38.8 Å². The molecule has 114 valence electrons. The molecule has 0 bridgehead atoms. The van der Waals surface area contributed by atoms with E-state index in [1.54, 1.807) is 19.1 Å². The number of halogens is 1. The molecule has 0 fully saturated rings. The summed E-state index contributed by atoms with van der Waals surface area (Å²) in [6, 6.07) is 7.01. The molecule has 0 heterocycles. The number of hydrogen-bond donors (Lipinski definition) is 1. The Morgan fingerprint density at radius 3 is 2.76 bits per heavy atom. The van der Waals surface area contributed by atoms with Gasteiger partial charge < -0.3 is 4.74 Å². The summed E-state index contributed by atoms with van der Waals surface area (Å²) in [6.45, 7) is 5.89. The molecule has 0 aliphatic heterocycles. The van der Waals surface area contributed by atoms with Crippen LogP contribution in [0.2, 0.25) is 0 Å². The third kappa shape index (κ3) is 4.99. The van der Waals surface area contributed by atoms with Crippen LogP contribution in [0.3, 0.4) is 0 Å².